The van der Waals surface area contributed by atoms with Crippen molar-refractivity contribution in [2.75, 3.05) is 13.1 Å². The molecule has 8 nitrogen and oxygen atoms in total. The van der Waals surface area contributed by atoms with Crippen molar-refractivity contribution in [3.05, 3.63) is 53.3 Å². The summed E-state index contributed by atoms with van der Waals surface area (Å²) in [6, 6.07) is 7.77. The third-order valence-electron chi connectivity index (χ3n) is 5.23. The van der Waals surface area contributed by atoms with Crippen LogP contribution in [0.2, 0.25) is 0 Å². The van der Waals surface area contributed by atoms with Crippen molar-refractivity contribution in [2.24, 2.45) is 5.92 Å². The molecule has 0 spiro atoms. The lowest BCUT2D eigenvalue weighted by Gasteiger charge is -2.30. The topological polar surface area (TPSA) is 116 Å². The van der Waals surface area contributed by atoms with Gasteiger partial charge in [0.2, 0.25) is 5.82 Å². The second kappa shape index (κ2) is 8.00. The minimum Gasteiger partial charge on any atom is -0.344 e. The number of piperidine rings is 1. The molecule has 1 aromatic heterocycles. The largest absolute Gasteiger partial charge is 0.344 e. The van der Waals surface area contributed by atoms with Crippen LogP contribution < -0.4 is 16.0 Å². The molecule has 1 amide bonds. The molecule has 29 heavy (non-hydrogen) atoms. The Balaban J connectivity index is 1.70. The molecule has 2 aromatic rings. The van der Waals surface area contributed by atoms with E-state index in [9.17, 15) is 4.79 Å². The number of nitrogens with zero attached hydrogens (tertiary/aromatic N) is 2. The summed E-state index contributed by atoms with van der Waals surface area (Å²) in [4.78, 5) is 16.8. The average molecular weight is 392 g/mol. The van der Waals surface area contributed by atoms with E-state index in [1.807, 2.05) is 31.2 Å². The Morgan fingerprint density at radius 3 is 2.69 bits per heavy atom. The zero-order valence-corrected chi connectivity index (χ0v) is 16.5. The Hall–Kier alpha value is -3.26. The molecule has 0 saturated carbocycles. The van der Waals surface area contributed by atoms with Crippen LogP contribution >= 0.6 is 0 Å². The van der Waals surface area contributed by atoms with Crippen molar-refractivity contribution >= 4 is 17.2 Å². The van der Waals surface area contributed by atoms with Gasteiger partial charge in [0.15, 0.2) is 0 Å². The molecule has 1 aromatic carbocycles. The number of allylic oxidation sites excluding steroid dienone is 2. The van der Waals surface area contributed by atoms with Crippen molar-refractivity contribution in [1.82, 2.24) is 26.1 Å². The Morgan fingerprint density at radius 2 is 1.97 bits per heavy atom. The summed E-state index contributed by atoms with van der Waals surface area (Å²) >= 11 is 0. The Bertz CT molecular complexity index is 1010. The Labute approximate surface area is 169 Å². The number of amides is 1. The van der Waals surface area contributed by atoms with Crippen molar-refractivity contribution < 1.29 is 9.32 Å². The zero-order chi connectivity index (χ0) is 20.4. The molecule has 8 heteroatoms. The van der Waals surface area contributed by atoms with Crippen LogP contribution in [-0.2, 0) is 4.79 Å². The molecular weight excluding hydrogens is 368 g/mol. The highest BCUT2D eigenvalue weighted by molar-refractivity contribution is 6.21. The Morgan fingerprint density at radius 1 is 1.21 bits per heavy atom. The first kappa shape index (κ1) is 19.1. The van der Waals surface area contributed by atoms with Gasteiger partial charge in [0.1, 0.15) is 11.4 Å². The van der Waals surface area contributed by atoms with E-state index in [0.717, 1.165) is 42.8 Å². The lowest BCUT2D eigenvalue weighted by molar-refractivity contribution is -0.116. The molecule has 4 N–H and O–H groups in total. The van der Waals surface area contributed by atoms with Crippen LogP contribution in [0.5, 0.6) is 0 Å². The van der Waals surface area contributed by atoms with E-state index in [0.29, 0.717) is 17.2 Å². The lowest BCUT2D eigenvalue weighted by atomic mass is 9.93. The Kier molecular flexibility index (Phi) is 5.26. The number of aryl methyl sites for hydroxylation is 1. The normalized spacial score (nSPS) is 19.2. The second-order valence-corrected chi connectivity index (χ2v) is 7.35. The highest BCUT2D eigenvalue weighted by Gasteiger charge is 2.27. The van der Waals surface area contributed by atoms with Gasteiger partial charge in [-0.1, -0.05) is 29.4 Å². The molecular formula is C21H24N6O2. The van der Waals surface area contributed by atoms with Crippen LogP contribution in [0.3, 0.4) is 0 Å². The van der Waals surface area contributed by atoms with Gasteiger partial charge >= 0.3 is 0 Å². The van der Waals surface area contributed by atoms with Gasteiger partial charge in [-0.2, -0.15) is 4.98 Å². The smallest absolute Gasteiger partial charge is 0.263 e. The van der Waals surface area contributed by atoms with Gasteiger partial charge in [-0.3, -0.25) is 4.79 Å². The predicted molar refractivity (Wildman–Crippen MR) is 110 cm³/mol. The fraction of sp³-hybridized carbons (Fsp3) is 0.333. The molecule has 3 heterocycles. The summed E-state index contributed by atoms with van der Waals surface area (Å²) < 4.78 is 5.49. The van der Waals surface area contributed by atoms with Gasteiger partial charge in [0.25, 0.3) is 11.8 Å². The summed E-state index contributed by atoms with van der Waals surface area (Å²) in [6.45, 7) is 5.45. The van der Waals surface area contributed by atoms with E-state index >= 15 is 0 Å². The number of hydrogen-bond donors (Lipinski definition) is 4. The molecule has 150 valence electrons. The van der Waals surface area contributed by atoms with Crippen LogP contribution in [0.15, 0.2) is 46.4 Å². The number of rotatable bonds is 4. The lowest BCUT2D eigenvalue weighted by Crippen LogP contribution is -2.41. The maximum absolute atomic E-state index is 12.3. The van der Waals surface area contributed by atoms with E-state index in [1.54, 1.807) is 13.0 Å². The number of aromatic nitrogens is 2. The van der Waals surface area contributed by atoms with Gasteiger partial charge in [0, 0.05) is 29.0 Å². The van der Waals surface area contributed by atoms with Crippen molar-refractivity contribution in [3.63, 3.8) is 0 Å². The van der Waals surface area contributed by atoms with E-state index in [2.05, 4.69) is 26.1 Å². The predicted octanol–water partition coefficient (Wildman–Crippen LogP) is 2.36. The van der Waals surface area contributed by atoms with Gasteiger partial charge in [-0.15, -0.1) is 0 Å². The van der Waals surface area contributed by atoms with Crippen LogP contribution in [-0.4, -0.2) is 34.8 Å². The number of carbonyl (C=O) groups is 1. The highest BCUT2D eigenvalue weighted by Crippen LogP contribution is 2.27. The number of hydrogen-bond acceptors (Lipinski definition) is 7. The van der Waals surface area contributed by atoms with E-state index < -0.39 is 0 Å². The van der Waals surface area contributed by atoms with E-state index in [-0.39, 0.29) is 23.4 Å². The molecule has 0 atom stereocenters. The molecule has 2 aliphatic heterocycles. The third kappa shape index (κ3) is 3.97. The summed E-state index contributed by atoms with van der Waals surface area (Å²) in [5.41, 5.74) is 3.37. The molecule has 0 radical (unpaired) electrons. The van der Waals surface area contributed by atoms with Gasteiger partial charge in [-0.25, -0.2) is 0 Å². The van der Waals surface area contributed by atoms with Crippen LogP contribution in [0.25, 0.3) is 17.0 Å². The fourth-order valence-corrected chi connectivity index (χ4v) is 3.70. The quantitative estimate of drug-likeness (QED) is 0.594. The van der Waals surface area contributed by atoms with Crippen molar-refractivity contribution in [3.8, 4) is 11.4 Å². The SMILES string of the molecule is CC(=N)/C(=C1/NC(=O)C=C(C2CCNCC2)N1)c1nc(-c2ccccc2C)no1. The number of carbonyl (C=O) groups excluding carboxylic acids is 1. The maximum atomic E-state index is 12.3. The van der Waals surface area contributed by atoms with E-state index in [4.69, 9.17) is 9.93 Å². The monoisotopic (exact) mass is 392 g/mol. The first-order chi connectivity index (χ1) is 14.0. The summed E-state index contributed by atoms with van der Waals surface area (Å²) in [5.74, 6) is 1.12. The molecule has 0 bridgehead atoms. The first-order valence-electron chi connectivity index (χ1n) is 9.73. The average Bonchev–Trinajstić information content (AvgIpc) is 3.17. The van der Waals surface area contributed by atoms with Gasteiger partial charge in [-0.05, 0) is 45.3 Å². The van der Waals surface area contributed by atoms with Gasteiger partial charge < -0.3 is 25.9 Å². The summed E-state index contributed by atoms with van der Waals surface area (Å²) in [6.07, 6.45) is 3.51. The molecule has 4 rings (SSSR count). The number of benzene rings is 1. The second-order valence-electron chi connectivity index (χ2n) is 7.35. The highest BCUT2D eigenvalue weighted by atomic mass is 16.5. The fourth-order valence-electron chi connectivity index (χ4n) is 3.70. The summed E-state index contributed by atoms with van der Waals surface area (Å²) in [5, 5.41) is 21.8. The minimum absolute atomic E-state index is 0.199. The first-order valence-corrected chi connectivity index (χ1v) is 9.73. The number of nitrogens with one attached hydrogen (secondary N) is 4. The van der Waals surface area contributed by atoms with Crippen LogP contribution in [0.1, 0.15) is 31.2 Å². The van der Waals surface area contributed by atoms with Gasteiger partial charge in [0.05, 0.1) is 0 Å². The minimum atomic E-state index is -0.218. The standard InChI is InChI=1S/C21H24N6O2/c1-12-5-3-4-6-15(12)19-26-21(29-27-19)18(13(2)22)20-24-16(11-17(28)25-20)14-7-9-23-10-8-14/h3-6,11,14,22-24H,7-10H2,1-2H3,(H,25,28)/b20-18-,22-13?. The molecule has 0 unspecified atom stereocenters. The van der Waals surface area contributed by atoms with Crippen molar-refractivity contribution in [1.29, 1.82) is 5.41 Å². The summed E-state index contributed by atoms with van der Waals surface area (Å²) in [7, 11) is 0. The third-order valence-corrected chi connectivity index (χ3v) is 5.23. The molecule has 2 aliphatic rings. The zero-order valence-electron chi connectivity index (χ0n) is 16.5. The molecule has 1 fully saturated rings. The maximum Gasteiger partial charge on any atom is 0.263 e. The van der Waals surface area contributed by atoms with Crippen LogP contribution in [0, 0.1) is 18.3 Å². The van der Waals surface area contributed by atoms with E-state index in [1.165, 1.54) is 0 Å². The molecule has 1 saturated heterocycles. The van der Waals surface area contributed by atoms with Crippen LogP contribution in [0.4, 0.5) is 0 Å². The molecule has 0 aliphatic carbocycles. The van der Waals surface area contributed by atoms with Crippen molar-refractivity contribution in [2.45, 2.75) is 26.7 Å².